The first-order chi connectivity index (χ1) is 7.95. The van der Waals surface area contributed by atoms with Crippen LogP contribution in [0.4, 0.5) is 0 Å². The summed E-state index contributed by atoms with van der Waals surface area (Å²) in [4.78, 5) is 0. The topological polar surface area (TPSA) is 32.3 Å². The molecule has 0 saturated carbocycles. The highest BCUT2D eigenvalue weighted by Gasteiger charge is 2.13. The summed E-state index contributed by atoms with van der Waals surface area (Å²) in [6.45, 7) is 11.8. The molecule has 0 aliphatic heterocycles. The Balaban J connectivity index is 2.91. The summed E-state index contributed by atoms with van der Waals surface area (Å²) in [7, 11) is 0. The Morgan fingerprint density at radius 2 is 1.65 bits per heavy atom. The monoisotopic (exact) mass is 235 g/mol. The minimum Gasteiger partial charge on any atom is -0.394 e. The van der Waals surface area contributed by atoms with E-state index in [0.29, 0.717) is 5.92 Å². The molecule has 17 heavy (non-hydrogen) atoms. The van der Waals surface area contributed by atoms with Crippen molar-refractivity contribution in [2.24, 2.45) is 5.92 Å². The maximum absolute atomic E-state index is 9.51. The van der Waals surface area contributed by atoms with Crippen molar-refractivity contribution in [3.05, 3.63) is 34.4 Å². The smallest absolute Gasteiger partial charge is 0.0626 e. The summed E-state index contributed by atoms with van der Waals surface area (Å²) in [6, 6.07) is 4.44. The van der Waals surface area contributed by atoms with Crippen LogP contribution in [0.2, 0.25) is 0 Å². The van der Waals surface area contributed by atoms with Gasteiger partial charge in [-0.25, -0.2) is 0 Å². The number of nitrogens with one attached hydrogen (secondary N) is 1. The second-order valence-electron chi connectivity index (χ2n) is 5.33. The zero-order valence-electron chi connectivity index (χ0n) is 11.7. The molecular weight excluding hydrogens is 210 g/mol. The highest BCUT2D eigenvalue weighted by atomic mass is 16.3. The predicted octanol–water partition coefficient (Wildman–Crippen LogP) is 2.89. The summed E-state index contributed by atoms with van der Waals surface area (Å²) < 4.78 is 0. The maximum atomic E-state index is 9.51. The molecule has 0 spiro atoms. The summed E-state index contributed by atoms with van der Waals surface area (Å²) >= 11 is 0. The molecule has 0 aromatic heterocycles. The Hall–Kier alpha value is -0.860. The molecular formula is C15H25NO. The summed E-state index contributed by atoms with van der Waals surface area (Å²) in [5.41, 5.74) is 5.07. The molecule has 2 heteroatoms. The number of hydrogen-bond donors (Lipinski definition) is 2. The lowest BCUT2D eigenvalue weighted by molar-refractivity contribution is 0.240. The molecule has 0 amide bonds. The van der Waals surface area contributed by atoms with Crippen molar-refractivity contribution in [1.29, 1.82) is 0 Å². The van der Waals surface area contributed by atoms with Crippen LogP contribution in [0.3, 0.4) is 0 Å². The van der Waals surface area contributed by atoms with E-state index in [2.05, 4.69) is 52.1 Å². The van der Waals surface area contributed by atoms with Gasteiger partial charge in [-0.15, -0.1) is 0 Å². The molecule has 0 radical (unpaired) electrons. The van der Waals surface area contributed by atoms with Gasteiger partial charge in [0.2, 0.25) is 0 Å². The number of aryl methyl sites for hydroxylation is 3. The molecule has 2 nitrogen and oxygen atoms in total. The van der Waals surface area contributed by atoms with Crippen LogP contribution >= 0.6 is 0 Å². The Morgan fingerprint density at radius 1 is 1.06 bits per heavy atom. The van der Waals surface area contributed by atoms with Gasteiger partial charge in [0.15, 0.2) is 0 Å². The number of hydrogen-bond acceptors (Lipinski definition) is 2. The molecule has 2 N–H and O–H groups in total. The second-order valence-corrected chi connectivity index (χ2v) is 5.33. The number of aliphatic hydroxyl groups is 1. The fourth-order valence-corrected chi connectivity index (χ4v) is 2.01. The SMILES string of the molecule is Cc1cc(C)c(C(CO)NCC(C)C)cc1C. The Bertz CT molecular complexity index is 371. The van der Waals surface area contributed by atoms with Crippen LogP contribution in [0, 0.1) is 26.7 Å². The van der Waals surface area contributed by atoms with E-state index in [1.807, 2.05) is 0 Å². The number of aliphatic hydroxyl groups excluding tert-OH is 1. The maximum Gasteiger partial charge on any atom is 0.0626 e. The van der Waals surface area contributed by atoms with Gasteiger partial charge in [-0.05, 0) is 55.5 Å². The Kier molecular flexibility index (Phi) is 5.16. The first-order valence-electron chi connectivity index (χ1n) is 6.37. The standard InChI is InChI=1S/C15H25NO/c1-10(2)8-16-15(9-17)14-7-12(4)11(3)6-13(14)5/h6-7,10,15-17H,8-9H2,1-5H3. The van der Waals surface area contributed by atoms with E-state index >= 15 is 0 Å². The van der Waals surface area contributed by atoms with Crippen LogP contribution in [-0.2, 0) is 0 Å². The van der Waals surface area contributed by atoms with Gasteiger partial charge in [0.25, 0.3) is 0 Å². The third kappa shape index (κ3) is 3.83. The Morgan fingerprint density at radius 3 is 2.18 bits per heavy atom. The summed E-state index contributed by atoms with van der Waals surface area (Å²) in [5.74, 6) is 0.593. The number of rotatable bonds is 5. The lowest BCUT2D eigenvalue weighted by atomic mass is 9.96. The molecule has 0 aliphatic rings. The molecule has 1 aromatic rings. The minimum absolute atomic E-state index is 0.0525. The zero-order chi connectivity index (χ0) is 13.0. The van der Waals surface area contributed by atoms with Crippen molar-refractivity contribution in [1.82, 2.24) is 5.32 Å². The molecule has 0 heterocycles. The molecule has 0 fully saturated rings. The lowest BCUT2D eigenvalue weighted by Crippen LogP contribution is -2.28. The molecule has 0 saturated heterocycles. The number of benzene rings is 1. The average Bonchev–Trinajstić information content (AvgIpc) is 2.25. The molecule has 1 aromatic carbocycles. The van der Waals surface area contributed by atoms with Gasteiger partial charge < -0.3 is 10.4 Å². The first kappa shape index (κ1) is 14.2. The van der Waals surface area contributed by atoms with E-state index in [4.69, 9.17) is 0 Å². The van der Waals surface area contributed by atoms with Crippen LogP contribution < -0.4 is 5.32 Å². The molecule has 96 valence electrons. The van der Waals surface area contributed by atoms with Crippen molar-refractivity contribution in [2.45, 2.75) is 40.7 Å². The third-order valence-corrected chi connectivity index (χ3v) is 3.21. The van der Waals surface area contributed by atoms with E-state index in [0.717, 1.165) is 6.54 Å². The van der Waals surface area contributed by atoms with E-state index in [9.17, 15) is 5.11 Å². The summed E-state index contributed by atoms with van der Waals surface area (Å²) in [6.07, 6.45) is 0. The van der Waals surface area contributed by atoms with Crippen molar-refractivity contribution < 1.29 is 5.11 Å². The van der Waals surface area contributed by atoms with Crippen molar-refractivity contribution in [3.63, 3.8) is 0 Å². The minimum atomic E-state index is 0.0525. The van der Waals surface area contributed by atoms with Gasteiger partial charge in [0.1, 0.15) is 0 Å². The molecule has 0 bridgehead atoms. The van der Waals surface area contributed by atoms with Gasteiger partial charge in [-0.1, -0.05) is 26.0 Å². The summed E-state index contributed by atoms with van der Waals surface area (Å²) in [5, 5.41) is 12.9. The molecule has 1 atom stereocenters. The van der Waals surface area contributed by atoms with E-state index < -0.39 is 0 Å². The lowest BCUT2D eigenvalue weighted by Gasteiger charge is -2.21. The van der Waals surface area contributed by atoms with E-state index in [-0.39, 0.29) is 12.6 Å². The van der Waals surface area contributed by atoms with Crippen molar-refractivity contribution in [2.75, 3.05) is 13.2 Å². The van der Waals surface area contributed by atoms with Crippen LogP contribution in [0.5, 0.6) is 0 Å². The fourth-order valence-electron chi connectivity index (χ4n) is 2.01. The normalized spacial score (nSPS) is 13.1. The van der Waals surface area contributed by atoms with Crippen molar-refractivity contribution in [3.8, 4) is 0 Å². The largest absolute Gasteiger partial charge is 0.394 e. The van der Waals surface area contributed by atoms with Gasteiger partial charge in [-0.3, -0.25) is 0 Å². The van der Waals surface area contributed by atoms with E-state index in [1.165, 1.54) is 22.3 Å². The first-order valence-corrected chi connectivity index (χ1v) is 6.37. The molecule has 1 unspecified atom stereocenters. The van der Waals surface area contributed by atoms with Gasteiger partial charge in [-0.2, -0.15) is 0 Å². The Labute approximate surface area is 105 Å². The zero-order valence-corrected chi connectivity index (χ0v) is 11.7. The second kappa shape index (κ2) is 6.18. The van der Waals surface area contributed by atoms with E-state index in [1.54, 1.807) is 0 Å². The van der Waals surface area contributed by atoms with Crippen LogP contribution in [-0.4, -0.2) is 18.3 Å². The highest BCUT2D eigenvalue weighted by molar-refractivity contribution is 5.38. The van der Waals surface area contributed by atoms with Crippen LogP contribution in [0.1, 0.15) is 42.1 Å². The van der Waals surface area contributed by atoms with Crippen LogP contribution in [0.25, 0.3) is 0 Å². The highest BCUT2D eigenvalue weighted by Crippen LogP contribution is 2.21. The van der Waals surface area contributed by atoms with Gasteiger partial charge in [0.05, 0.1) is 12.6 Å². The fraction of sp³-hybridized carbons (Fsp3) is 0.600. The van der Waals surface area contributed by atoms with Crippen LogP contribution in [0.15, 0.2) is 12.1 Å². The molecule has 1 rings (SSSR count). The van der Waals surface area contributed by atoms with Gasteiger partial charge >= 0.3 is 0 Å². The van der Waals surface area contributed by atoms with Crippen molar-refractivity contribution >= 4 is 0 Å². The van der Waals surface area contributed by atoms with Gasteiger partial charge in [0, 0.05) is 0 Å². The molecule has 0 aliphatic carbocycles. The third-order valence-electron chi connectivity index (χ3n) is 3.21. The average molecular weight is 235 g/mol. The predicted molar refractivity (Wildman–Crippen MR) is 73.3 cm³/mol. The quantitative estimate of drug-likeness (QED) is 0.822.